The Morgan fingerprint density at radius 3 is 2.24 bits per heavy atom. The molecule has 1 heterocycles. The van der Waals surface area contributed by atoms with Crippen LogP contribution in [0, 0.1) is 0 Å². The zero-order valence-corrected chi connectivity index (χ0v) is 19.5. The molecule has 0 aliphatic carbocycles. The maximum atomic E-state index is 11.6. The molecule has 0 fully saturated rings. The van der Waals surface area contributed by atoms with Gasteiger partial charge < -0.3 is 5.32 Å². The van der Waals surface area contributed by atoms with Crippen LogP contribution in [0.5, 0.6) is 0 Å². The Bertz CT molecular complexity index is 1320. The summed E-state index contributed by atoms with van der Waals surface area (Å²) < 4.78 is 0. The van der Waals surface area contributed by atoms with Crippen molar-refractivity contribution in [2.24, 2.45) is 4.99 Å². The molecule has 0 saturated carbocycles. The molecule has 0 bridgehead atoms. The van der Waals surface area contributed by atoms with E-state index in [0.717, 1.165) is 45.0 Å². The Balaban J connectivity index is 1.73. The molecular formula is C30H27N3O. The molecule has 0 unspecified atom stereocenters. The van der Waals surface area contributed by atoms with Crippen molar-refractivity contribution < 1.29 is 4.79 Å². The van der Waals surface area contributed by atoms with Gasteiger partial charge in [-0.2, -0.15) is 0 Å². The van der Waals surface area contributed by atoms with E-state index in [1.807, 2.05) is 79.7 Å². The van der Waals surface area contributed by atoms with Crippen LogP contribution in [0.15, 0.2) is 109 Å². The summed E-state index contributed by atoms with van der Waals surface area (Å²) in [5, 5.41) is 3.44. The second-order valence-corrected chi connectivity index (χ2v) is 8.05. The van der Waals surface area contributed by atoms with E-state index < -0.39 is 0 Å². The number of nitrogens with one attached hydrogen (secondary N) is 1. The van der Waals surface area contributed by atoms with Gasteiger partial charge in [0.15, 0.2) is 5.78 Å². The van der Waals surface area contributed by atoms with Gasteiger partial charge in [0.05, 0.1) is 17.9 Å². The monoisotopic (exact) mass is 445 g/mol. The Labute approximate surface area is 200 Å². The van der Waals surface area contributed by atoms with E-state index >= 15 is 0 Å². The minimum Gasteiger partial charge on any atom is -0.379 e. The summed E-state index contributed by atoms with van der Waals surface area (Å²) in [4.78, 5) is 21.0. The lowest BCUT2D eigenvalue weighted by Crippen LogP contribution is -2.13. The Kier molecular flexibility index (Phi) is 7.09. The largest absolute Gasteiger partial charge is 0.379 e. The van der Waals surface area contributed by atoms with Gasteiger partial charge in [0.2, 0.25) is 0 Å². The number of rotatable bonds is 8. The molecule has 4 aromatic rings. The maximum absolute atomic E-state index is 11.6. The Hall–Kier alpha value is -4.31. The van der Waals surface area contributed by atoms with Crippen LogP contribution in [-0.4, -0.2) is 16.5 Å². The predicted molar refractivity (Wildman–Crippen MR) is 140 cm³/mol. The predicted octanol–water partition coefficient (Wildman–Crippen LogP) is 6.85. The molecule has 0 amide bonds. The lowest BCUT2D eigenvalue weighted by atomic mass is 9.96. The third kappa shape index (κ3) is 5.36. The number of hydrogen-bond donors (Lipinski definition) is 1. The summed E-state index contributed by atoms with van der Waals surface area (Å²) in [6.07, 6.45) is 1.79. The summed E-state index contributed by atoms with van der Waals surface area (Å²) in [6, 6.07) is 29.8. The van der Waals surface area contributed by atoms with Crippen LogP contribution < -0.4 is 5.32 Å². The molecule has 0 saturated heterocycles. The number of hydrogen-bond acceptors (Lipinski definition) is 4. The zero-order chi connectivity index (χ0) is 23.9. The summed E-state index contributed by atoms with van der Waals surface area (Å²) in [5.41, 5.74) is 8.16. The second-order valence-electron chi connectivity index (χ2n) is 8.05. The van der Waals surface area contributed by atoms with E-state index in [0.29, 0.717) is 12.1 Å². The van der Waals surface area contributed by atoms with Gasteiger partial charge in [-0.1, -0.05) is 79.4 Å². The second kappa shape index (κ2) is 10.5. The Morgan fingerprint density at radius 2 is 1.56 bits per heavy atom. The minimum atomic E-state index is 0.0502. The van der Waals surface area contributed by atoms with Crippen molar-refractivity contribution in [3.05, 3.63) is 126 Å². The van der Waals surface area contributed by atoms with Crippen molar-refractivity contribution in [3.63, 3.8) is 0 Å². The molecule has 0 aliphatic rings. The van der Waals surface area contributed by atoms with Gasteiger partial charge in [0.25, 0.3) is 0 Å². The highest BCUT2D eigenvalue weighted by atomic mass is 16.1. The fourth-order valence-corrected chi connectivity index (χ4v) is 3.79. The SMILES string of the molecule is C=C(NCc1ccccn1)c1c(/N=C(\C)c2ccc(C(C)=O)cc2)cccc1-c1ccccc1. The molecule has 4 heteroatoms. The highest BCUT2D eigenvalue weighted by Crippen LogP contribution is 2.35. The maximum Gasteiger partial charge on any atom is 0.159 e. The molecule has 0 aliphatic heterocycles. The molecule has 0 atom stereocenters. The average molecular weight is 446 g/mol. The van der Waals surface area contributed by atoms with Gasteiger partial charge in [-0.05, 0) is 48.7 Å². The Morgan fingerprint density at radius 1 is 0.853 bits per heavy atom. The van der Waals surface area contributed by atoms with Crippen LogP contribution in [0.25, 0.3) is 16.8 Å². The van der Waals surface area contributed by atoms with E-state index in [9.17, 15) is 4.79 Å². The lowest BCUT2D eigenvalue weighted by molar-refractivity contribution is 0.101. The minimum absolute atomic E-state index is 0.0502. The number of aliphatic imine (C=N–C) groups is 1. The van der Waals surface area contributed by atoms with Crippen LogP contribution in [0.2, 0.25) is 0 Å². The van der Waals surface area contributed by atoms with Gasteiger partial charge in [-0.3, -0.25) is 14.8 Å². The number of Topliss-reactive ketones (excluding diaryl/α,β-unsaturated/α-hetero) is 1. The quantitative estimate of drug-likeness (QED) is 0.238. The van der Waals surface area contributed by atoms with Gasteiger partial charge in [-0.25, -0.2) is 0 Å². The van der Waals surface area contributed by atoms with E-state index in [1.54, 1.807) is 13.1 Å². The number of nitrogens with zero attached hydrogens (tertiary/aromatic N) is 2. The van der Waals surface area contributed by atoms with Gasteiger partial charge in [-0.15, -0.1) is 0 Å². The number of benzene rings is 3. The normalized spacial score (nSPS) is 11.2. The first-order valence-corrected chi connectivity index (χ1v) is 11.2. The molecule has 34 heavy (non-hydrogen) atoms. The zero-order valence-electron chi connectivity index (χ0n) is 19.5. The lowest BCUT2D eigenvalue weighted by Gasteiger charge is -2.17. The number of carbonyl (C=O) groups is 1. The first-order chi connectivity index (χ1) is 16.5. The fraction of sp³-hybridized carbons (Fsp3) is 0.100. The molecule has 168 valence electrons. The first-order valence-electron chi connectivity index (χ1n) is 11.2. The van der Waals surface area contributed by atoms with Crippen LogP contribution in [0.3, 0.4) is 0 Å². The van der Waals surface area contributed by atoms with E-state index in [1.165, 1.54) is 0 Å². The molecule has 4 nitrogen and oxygen atoms in total. The van der Waals surface area contributed by atoms with Gasteiger partial charge in [0.1, 0.15) is 0 Å². The van der Waals surface area contributed by atoms with Crippen molar-refractivity contribution >= 4 is 22.9 Å². The van der Waals surface area contributed by atoms with Crippen molar-refractivity contribution in [2.75, 3.05) is 0 Å². The fourth-order valence-electron chi connectivity index (χ4n) is 3.79. The van der Waals surface area contributed by atoms with Crippen molar-refractivity contribution in [3.8, 4) is 11.1 Å². The number of aromatic nitrogens is 1. The molecule has 1 aromatic heterocycles. The van der Waals surface area contributed by atoms with Crippen molar-refractivity contribution in [1.29, 1.82) is 0 Å². The topological polar surface area (TPSA) is 54.4 Å². The smallest absolute Gasteiger partial charge is 0.159 e. The first kappa shape index (κ1) is 22.9. The molecule has 0 spiro atoms. The highest BCUT2D eigenvalue weighted by molar-refractivity contribution is 6.02. The van der Waals surface area contributed by atoms with E-state index in [-0.39, 0.29) is 5.78 Å². The molecule has 1 N–H and O–H groups in total. The van der Waals surface area contributed by atoms with Gasteiger partial charge in [0, 0.05) is 28.7 Å². The summed E-state index contributed by atoms with van der Waals surface area (Å²) in [7, 11) is 0. The standard InChI is InChI=1S/C30H27N3O/c1-21(24-15-17-25(18-16-24)23(3)34)33-29-14-9-13-28(26-10-5-4-6-11-26)30(29)22(2)32-20-27-12-7-8-19-31-27/h4-19,32H,2,20H2,1,3H3/b33-21+. The van der Waals surface area contributed by atoms with Crippen LogP contribution in [0.1, 0.15) is 41.0 Å². The van der Waals surface area contributed by atoms with E-state index in [4.69, 9.17) is 4.99 Å². The molecule has 0 radical (unpaired) electrons. The molecular weight excluding hydrogens is 418 g/mol. The third-order valence-electron chi connectivity index (χ3n) is 5.64. The van der Waals surface area contributed by atoms with E-state index in [2.05, 4.69) is 35.1 Å². The number of pyridine rings is 1. The number of ketones is 1. The summed E-state index contributed by atoms with van der Waals surface area (Å²) in [5.74, 6) is 0.0502. The van der Waals surface area contributed by atoms with Crippen molar-refractivity contribution in [2.45, 2.75) is 20.4 Å². The van der Waals surface area contributed by atoms with Crippen LogP contribution in [0.4, 0.5) is 5.69 Å². The summed E-state index contributed by atoms with van der Waals surface area (Å²) in [6.45, 7) is 8.47. The van der Waals surface area contributed by atoms with Crippen molar-refractivity contribution in [1.82, 2.24) is 10.3 Å². The number of carbonyl (C=O) groups excluding carboxylic acids is 1. The third-order valence-corrected chi connectivity index (χ3v) is 5.64. The van der Waals surface area contributed by atoms with Crippen LogP contribution >= 0.6 is 0 Å². The molecule has 4 rings (SSSR count). The van der Waals surface area contributed by atoms with Crippen LogP contribution in [-0.2, 0) is 6.54 Å². The highest BCUT2D eigenvalue weighted by Gasteiger charge is 2.14. The van der Waals surface area contributed by atoms with Gasteiger partial charge >= 0.3 is 0 Å². The molecule has 3 aromatic carbocycles. The average Bonchev–Trinajstić information content (AvgIpc) is 2.88. The summed E-state index contributed by atoms with van der Waals surface area (Å²) >= 11 is 0.